The number of aromatic nitrogens is 4. The molecule has 2 aliphatic rings. The Morgan fingerprint density at radius 1 is 1.21 bits per heavy atom. The molecule has 2 unspecified atom stereocenters. The molecule has 1 amide bonds. The first kappa shape index (κ1) is 19.9. The first-order valence-corrected chi connectivity index (χ1v) is 10.3. The monoisotopic (exact) mass is 397 g/mol. The fourth-order valence-electron chi connectivity index (χ4n) is 5.16. The highest BCUT2D eigenvalue weighted by Gasteiger charge is 2.57. The normalized spacial score (nSPS) is 26.2. The molecule has 4 heterocycles. The quantitative estimate of drug-likeness (QED) is 0.723. The second kappa shape index (κ2) is 6.28. The molecule has 0 radical (unpaired) electrons. The van der Waals surface area contributed by atoms with Gasteiger partial charge in [-0.25, -0.2) is 14.8 Å². The molecule has 0 aliphatic carbocycles. The van der Waals surface area contributed by atoms with Crippen molar-refractivity contribution in [2.45, 2.75) is 83.9 Å². The number of amides is 1. The third-order valence-electron chi connectivity index (χ3n) is 6.24. The van der Waals surface area contributed by atoms with E-state index in [0.717, 1.165) is 41.9 Å². The lowest BCUT2D eigenvalue weighted by atomic mass is 9.67. The summed E-state index contributed by atoms with van der Waals surface area (Å²) in [6.07, 6.45) is 5.08. The zero-order valence-electron chi connectivity index (χ0n) is 18.5. The van der Waals surface area contributed by atoms with Gasteiger partial charge < -0.3 is 4.74 Å². The van der Waals surface area contributed by atoms with Crippen LogP contribution in [0.25, 0.3) is 11.4 Å². The molecule has 2 atom stereocenters. The molecule has 1 fully saturated rings. The summed E-state index contributed by atoms with van der Waals surface area (Å²) in [5.74, 6) is 0.708. The topological polar surface area (TPSA) is 73.1 Å². The first-order valence-electron chi connectivity index (χ1n) is 10.3. The molecule has 2 bridgehead atoms. The molecule has 7 nitrogen and oxygen atoms in total. The number of rotatable bonds is 1. The van der Waals surface area contributed by atoms with Gasteiger partial charge in [-0.3, -0.25) is 9.58 Å². The standard InChI is InChI=1S/C22H31N5O2/c1-14-24-17(16-9-12-23-26(16)7)15-13-21(5)10-8-11-22(6,18(15)25-14)27(21)19(28)29-20(2,3)4/h9,12H,8,10-11,13H2,1-7H3. The summed E-state index contributed by atoms with van der Waals surface area (Å²) in [7, 11) is 1.93. The van der Waals surface area contributed by atoms with E-state index in [1.165, 1.54) is 0 Å². The predicted octanol–water partition coefficient (Wildman–Crippen LogP) is 4.14. The van der Waals surface area contributed by atoms with Crippen LogP contribution in [0.1, 0.15) is 71.0 Å². The van der Waals surface area contributed by atoms with Crippen LogP contribution in [0.5, 0.6) is 0 Å². The van der Waals surface area contributed by atoms with Gasteiger partial charge >= 0.3 is 6.09 Å². The number of carbonyl (C=O) groups excluding carboxylic acids is 1. The summed E-state index contributed by atoms with van der Waals surface area (Å²) in [6.45, 7) is 12.0. The molecular weight excluding hydrogens is 366 g/mol. The average Bonchev–Trinajstić information content (AvgIpc) is 2.99. The van der Waals surface area contributed by atoms with Gasteiger partial charge in [-0.05, 0) is 73.3 Å². The Morgan fingerprint density at radius 2 is 1.93 bits per heavy atom. The van der Waals surface area contributed by atoms with Gasteiger partial charge in [-0.2, -0.15) is 5.10 Å². The Kier molecular flexibility index (Phi) is 4.30. The number of nitrogens with zero attached hydrogens (tertiary/aromatic N) is 5. The molecule has 0 spiro atoms. The SMILES string of the molecule is Cc1nc(-c2ccnn2C)c2c(n1)C1(C)CCCC(C)(C2)N1C(=O)OC(C)(C)C. The minimum Gasteiger partial charge on any atom is -0.444 e. The van der Waals surface area contributed by atoms with Gasteiger partial charge in [0.2, 0.25) is 0 Å². The molecule has 4 rings (SSSR count). The van der Waals surface area contributed by atoms with Gasteiger partial charge in [-0.1, -0.05) is 0 Å². The van der Waals surface area contributed by atoms with Crippen molar-refractivity contribution in [1.29, 1.82) is 0 Å². The fraction of sp³-hybridized carbons (Fsp3) is 0.636. The van der Waals surface area contributed by atoms with Gasteiger partial charge in [0, 0.05) is 24.3 Å². The molecule has 2 aromatic rings. The third-order valence-corrected chi connectivity index (χ3v) is 6.24. The van der Waals surface area contributed by atoms with E-state index in [2.05, 4.69) is 18.9 Å². The lowest BCUT2D eigenvalue weighted by Crippen LogP contribution is -2.66. The van der Waals surface area contributed by atoms with Crippen molar-refractivity contribution in [3.63, 3.8) is 0 Å². The summed E-state index contributed by atoms with van der Waals surface area (Å²) < 4.78 is 7.69. The van der Waals surface area contributed by atoms with Gasteiger partial charge in [0.1, 0.15) is 11.4 Å². The van der Waals surface area contributed by atoms with E-state index in [1.54, 1.807) is 6.20 Å². The van der Waals surface area contributed by atoms with Crippen molar-refractivity contribution in [2.75, 3.05) is 0 Å². The van der Waals surface area contributed by atoms with Gasteiger partial charge in [0.15, 0.2) is 0 Å². The van der Waals surface area contributed by atoms with Crippen LogP contribution in [-0.4, -0.2) is 41.9 Å². The molecule has 0 N–H and O–H groups in total. The maximum absolute atomic E-state index is 13.3. The second-order valence-electron chi connectivity index (χ2n) is 9.90. The van der Waals surface area contributed by atoms with Crippen molar-refractivity contribution in [3.05, 3.63) is 29.3 Å². The summed E-state index contributed by atoms with van der Waals surface area (Å²) in [5, 5.41) is 4.33. The van der Waals surface area contributed by atoms with Crippen molar-refractivity contribution in [1.82, 2.24) is 24.6 Å². The van der Waals surface area contributed by atoms with Crippen LogP contribution in [0.4, 0.5) is 4.79 Å². The average molecular weight is 398 g/mol. The number of ether oxygens (including phenoxy) is 1. The molecule has 156 valence electrons. The number of carbonyl (C=O) groups is 1. The zero-order chi connectivity index (χ0) is 21.2. The lowest BCUT2D eigenvalue weighted by molar-refractivity contribution is -0.0750. The maximum atomic E-state index is 13.3. The summed E-state index contributed by atoms with van der Waals surface area (Å²) in [6, 6.07) is 1.99. The van der Waals surface area contributed by atoms with Crippen molar-refractivity contribution >= 4 is 6.09 Å². The van der Waals surface area contributed by atoms with E-state index in [-0.39, 0.29) is 11.6 Å². The van der Waals surface area contributed by atoms with Crippen LogP contribution >= 0.6 is 0 Å². The number of piperidine rings is 1. The van der Waals surface area contributed by atoms with Crippen LogP contribution in [0, 0.1) is 6.92 Å². The molecular formula is C22H31N5O2. The highest BCUT2D eigenvalue weighted by Crippen LogP contribution is 2.52. The molecule has 1 saturated heterocycles. The molecule has 7 heteroatoms. The van der Waals surface area contributed by atoms with Gasteiger partial charge in [0.25, 0.3) is 0 Å². The van der Waals surface area contributed by atoms with Crippen LogP contribution < -0.4 is 0 Å². The van der Waals surface area contributed by atoms with Gasteiger partial charge in [0.05, 0.1) is 22.6 Å². The Bertz CT molecular complexity index is 976. The summed E-state index contributed by atoms with van der Waals surface area (Å²) in [5.41, 5.74) is 2.57. The molecule has 0 aromatic carbocycles. The highest BCUT2D eigenvalue weighted by molar-refractivity contribution is 5.73. The van der Waals surface area contributed by atoms with Crippen LogP contribution in [0.15, 0.2) is 12.3 Å². The van der Waals surface area contributed by atoms with Crippen molar-refractivity contribution in [2.24, 2.45) is 7.05 Å². The minimum atomic E-state index is -0.542. The largest absolute Gasteiger partial charge is 0.444 e. The lowest BCUT2D eigenvalue weighted by Gasteiger charge is -2.58. The maximum Gasteiger partial charge on any atom is 0.411 e. The number of aryl methyl sites for hydroxylation is 2. The smallest absolute Gasteiger partial charge is 0.411 e. The molecule has 2 aliphatic heterocycles. The van der Waals surface area contributed by atoms with Crippen LogP contribution in [0.3, 0.4) is 0 Å². The van der Waals surface area contributed by atoms with Crippen molar-refractivity contribution in [3.8, 4) is 11.4 Å². The first-order chi connectivity index (χ1) is 13.4. The highest BCUT2D eigenvalue weighted by atomic mass is 16.6. The van der Waals surface area contributed by atoms with E-state index in [4.69, 9.17) is 14.7 Å². The Morgan fingerprint density at radius 3 is 2.55 bits per heavy atom. The Labute approximate surface area is 172 Å². The van der Waals surface area contributed by atoms with E-state index in [9.17, 15) is 4.79 Å². The van der Waals surface area contributed by atoms with Crippen LogP contribution in [-0.2, 0) is 23.7 Å². The summed E-state index contributed by atoms with van der Waals surface area (Å²) >= 11 is 0. The fourth-order valence-corrected chi connectivity index (χ4v) is 5.16. The minimum absolute atomic E-state index is 0.258. The van der Waals surface area contributed by atoms with Crippen molar-refractivity contribution < 1.29 is 9.53 Å². The number of fused-ring (bicyclic) bond motifs is 4. The zero-order valence-corrected chi connectivity index (χ0v) is 18.5. The van der Waals surface area contributed by atoms with E-state index in [0.29, 0.717) is 12.2 Å². The van der Waals surface area contributed by atoms with E-state index in [1.807, 2.05) is 50.4 Å². The van der Waals surface area contributed by atoms with E-state index >= 15 is 0 Å². The van der Waals surface area contributed by atoms with Gasteiger partial charge in [-0.15, -0.1) is 0 Å². The Balaban J connectivity index is 1.92. The second-order valence-corrected chi connectivity index (χ2v) is 9.90. The third kappa shape index (κ3) is 3.11. The van der Waals surface area contributed by atoms with Crippen LogP contribution in [0.2, 0.25) is 0 Å². The molecule has 2 aromatic heterocycles. The Hall–Kier alpha value is -2.44. The van der Waals surface area contributed by atoms with E-state index < -0.39 is 11.1 Å². The summed E-state index contributed by atoms with van der Waals surface area (Å²) in [4.78, 5) is 25.0. The predicted molar refractivity (Wildman–Crippen MR) is 110 cm³/mol. The number of hydrogen-bond donors (Lipinski definition) is 0. The molecule has 29 heavy (non-hydrogen) atoms. The molecule has 0 saturated carbocycles. The number of hydrogen-bond acceptors (Lipinski definition) is 5.